The highest BCUT2D eigenvalue weighted by Crippen LogP contribution is 1.89. The van der Waals surface area contributed by atoms with Crippen molar-refractivity contribution in [3.63, 3.8) is 0 Å². The standard InChI is InChI=1S/C10H15N3O3/c1-4-8-9(14)11-10(15)13(12-8)6-16-5-7(2)3/h2,4-6H2,1,3H3,(H,11,14,15). The van der Waals surface area contributed by atoms with Gasteiger partial charge in [-0.25, -0.2) is 4.79 Å². The molecule has 1 N–H and O–H groups in total. The molecule has 1 rings (SSSR count). The van der Waals surface area contributed by atoms with Gasteiger partial charge in [-0.1, -0.05) is 19.1 Å². The summed E-state index contributed by atoms with van der Waals surface area (Å²) in [6.07, 6.45) is 0.468. The first-order chi connectivity index (χ1) is 7.54. The fraction of sp³-hybridized carbons (Fsp3) is 0.500. The van der Waals surface area contributed by atoms with Gasteiger partial charge in [-0.05, 0) is 13.3 Å². The topological polar surface area (TPSA) is 77.0 Å². The van der Waals surface area contributed by atoms with E-state index < -0.39 is 11.2 Å². The molecule has 0 saturated heterocycles. The van der Waals surface area contributed by atoms with Gasteiger partial charge in [-0.15, -0.1) is 0 Å². The fourth-order valence-corrected chi connectivity index (χ4v) is 1.10. The molecule has 0 radical (unpaired) electrons. The normalized spacial score (nSPS) is 10.4. The summed E-state index contributed by atoms with van der Waals surface area (Å²) in [5, 5.41) is 3.89. The number of nitrogens with zero attached hydrogens (tertiary/aromatic N) is 2. The molecule has 0 aliphatic heterocycles. The molecular formula is C10H15N3O3. The summed E-state index contributed by atoms with van der Waals surface area (Å²) in [6, 6.07) is 0. The summed E-state index contributed by atoms with van der Waals surface area (Å²) in [4.78, 5) is 24.7. The monoisotopic (exact) mass is 225 g/mol. The van der Waals surface area contributed by atoms with Crippen LogP contribution >= 0.6 is 0 Å². The van der Waals surface area contributed by atoms with E-state index in [2.05, 4.69) is 16.7 Å². The minimum atomic E-state index is -0.566. The highest BCUT2D eigenvalue weighted by atomic mass is 16.5. The van der Waals surface area contributed by atoms with Gasteiger partial charge >= 0.3 is 5.69 Å². The van der Waals surface area contributed by atoms with E-state index >= 15 is 0 Å². The number of ether oxygens (including phenoxy) is 1. The van der Waals surface area contributed by atoms with E-state index in [9.17, 15) is 9.59 Å². The zero-order valence-electron chi connectivity index (χ0n) is 9.45. The van der Waals surface area contributed by atoms with E-state index in [1.54, 1.807) is 6.92 Å². The summed E-state index contributed by atoms with van der Waals surface area (Å²) in [7, 11) is 0. The van der Waals surface area contributed by atoms with Gasteiger partial charge in [0.15, 0.2) is 0 Å². The number of aromatic amines is 1. The number of rotatable bonds is 5. The number of hydrogen-bond acceptors (Lipinski definition) is 4. The number of H-pyrrole nitrogens is 1. The minimum Gasteiger partial charge on any atom is -0.355 e. The molecule has 0 bridgehead atoms. The molecule has 0 aromatic carbocycles. The van der Waals surface area contributed by atoms with Crippen LogP contribution in [0.2, 0.25) is 0 Å². The third kappa shape index (κ3) is 3.16. The summed E-state index contributed by atoms with van der Waals surface area (Å²) >= 11 is 0. The van der Waals surface area contributed by atoms with Crippen LogP contribution in [0.1, 0.15) is 19.5 Å². The first-order valence-electron chi connectivity index (χ1n) is 4.97. The van der Waals surface area contributed by atoms with Gasteiger partial charge in [-0.3, -0.25) is 9.78 Å². The Morgan fingerprint density at radius 2 is 2.25 bits per heavy atom. The van der Waals surface area contributed by atoms with Crippen LogP contribution in [0.3, 0.4) is 0 Å². The molecule has 0 unspecified atom stereocenters. The molecule has 1 heterocycles. The van der Waals surface area contributed by atoms with E-state index in [1.165, 1.54) is 0 Å². The average Bonchev–Trinajstić information content (AvgIpc) is 2.20. The van der Waals surface area contributed by atoms with E-state index in [4.69, 9.17) is 4.74 Å². The summed E-state index contributed by atoms with van der Waals surface area (Å²) in [6.45, 7) is 7.64. The van der Waals surface area contributed by atoms with Crippen molar-refractivity contribution in [2.75, 3.05) is 6.61 Å². The van der Waals surface area contributed by atoms with Crippen LogP contribution in [0.4, 0.5) is 0 Å². The van der Waals surface area contributed by atoms with Gasteiger partial charge in [0.05, 0.1) is 6.61 Å². The van der Waals surface area contributed by atoms with Crippen LogP contribution < -0.4 is 11.2 Å². The van der Waals surface area contributed by atoms with Crippen molar-refractivity contribution in [2.24, 2.45) is 0 Å². The molecule has 0 amide bonds. The lowest BCUT2D eigenvalue weighted by Crippen LogP contribution is -2.35. The number of aromatic nitrogens is 3. The molecule has 0 fully saturated rings. The molecule has 16 heavy (non-hydrogen) atoms. The van der Waals surface area contributed by atoms with Gasteiger partial charge in [-0.2, -0.15) is 9.78 Å². The van der Waals surface area contributed by atoms with E-state index in [1.807, 2.05) is 6.92 Å². The van der Waals surface area contributed by atoms with Crippen LogP contribution in [-0.2, 0) is 17.9 Å². The first-order valence-corrected chi connectivity index (χ1v) is 4.97. The Hall–Kier alpha value is -1.69. The van der Waals surface area contributed by atoms with Crippen LogP contribution in [0, 0.1) is 0 Å². The molecule has 6 heteroatoms. The number of aryl methyl sites for hydroxylation is 1. The van der Waals surface area contributed by atoms with Gasteiger partial charge < -0.3 is 4.74 Å². The van der Waals surface area contributed by atoms with E-state index in [-0.39, 0.29) is 6.73 Å². The van der Waals surface area contributed by atoms with Crippen molar-refractivity contribution >= 4 is 0 Å². The third-order valence-corrected chi connectivity index (χ3v) is 1.86. The highest BCUT2D eigenvalue weighted by molar-refractivity contribution is 4.91. The van der Waals surface area contributed by atoms with Gasteiger partial charge in [0, 0.05) is 0 Å². The van der Waals surface area contributed by atoms with Crippen LogP contribution in [0.15, 0.2) is 21.7 Å². The van der Waals surface area contributed by atoms with Crippen molar-refractivity contribution in [3.05, 3.63) is 38.7 Å². The molecular weight excluding hydrogens is 210 g/mol. The largest absolute Gasteiger partial charge is 0.355 e. The first kappa shape index (κ1) is 12.4. The lowest BCUT2D eigenvalue weighted by molar-refractivity contribution is 0.0806. The Morgan fingerprint density at radius 3 is 2.81 bits per heavy atom. The van der Waals surface area contributed by atoms with Crippen LogP contribution in [0.5, 0.6) is 0 Å². The highest BCUT2D eigenvalue weighted by Gasteiger charge is 2.04. The van der Waals surface area contributed by atoms with Crippen molar-refractivity contribution in [1.29, 1.82) is 0 Å². The second-order valence-electron chi connectivity index (χ2n) is 3.49. The second kappa shape index (κ2) is 5.41. The Balaban J connectivity index is 2.84. The lowest BCUT2D eigenvalue weighted by atomic mass is 10.4. The van der Waals surface area contributed by atoms with Gasteiger partial charge in [0.2, 0.25) is 0 Å². The Morgan fingerprint density at radius 1 is 1.56 bits per heavy atom. The Kier molecular flexibility index (Phi) is 4.19. The maximum Gasteiger partial charge on any atom is 0.346 e. The molecule has 1 aromatic rings. The molecule has 0 saturated carbocycles. The smallest absolute Gasteiger partial charge is 0.346 e. The maximum absolute atomic E-state index is 11.3. The quantitative estimate of drug-likeness (QED) is 0.718. The Labute approximate surface area is 92.6 Å². The second-order valence-corrected chi connectivity index (χ2v) is 3.49. The molecule has 0 spiro atoms. The zero-order valence-corrected chi connectivity index (χ0v) is 9.45. The zero-order chi connectivity index (χ0) is 12.1. The molecule has 6 nitrogen and oxygen atoms in total. The van der Waals surface area contributed by atoms with Crippen molar-refractivity contribution in [3.8, 4) is 0 Å². The number of nitrogens with one attached hydrogen (secondary N) is 1. The fourth-order valence-electron chi connectivity index (χ4n) is 1.10. The van der Waals surface area contributed by atoms with E-state index in [0.29, 0.717) is 18.7 Å². The van der Waals surface area contributed by atoms with Crippen molar-refractivity contribution in [1.82, 2.24) is 14.8 Å². The van der Waals surface area contributed by atoms with Gasteiger partial charge in [0.1, 0.15) is 12.4 Å². The maximum atomic E-state index is 11.3. The molecule has 1 aromatic heterocycles. The third-order valence-electron chi connectivity index (χ3n) is 1.86. The minimum absolute atomic E-state index is 0.00940. The van der Waals surface area contributed by atoms with Crippen LogP contribution in [0.25, 0.3) is 0 Å². The molecule has 88 valence electrons. The van der Waals surface area contributed by atoms with Crippen molar-refractivity contribution in [2.45, 2.75) is 27.0 Å². The SMILES string of the molecule is C=C(C)COCn1nc(CC)c(=O)[nH]c1=O. The summed E-state index contributed by atoms with van der Waals surface area (Å²) < 4.78 is 6.27. The molecule has 0 atom stereocenters. The van der Waals surface area contributed by atoms with Gasteiger partial charge in [0.25, 0.3) is 5.56 Å². The molecule has 0 aliphatic rings. The van der Waals surface area contributed by atoms with Crippen LogP contribution in [-0.4, -0.2) is 21.4 Å². The van der Waals surface area contributed by atoms with E-state index in [0.717, 1.165) is 10.3 Å². The summed E-state index contributed by atoms with van der Waals surface area (Å²) in [5.41, 5.74) is 0.166. The average molecular weight is 225 g/mol. The van der Waals surface area contributed by atoms with Crippen molar-refractivity contribution < 1.29 is 4.74 Å². The summed E-state index contributed by atoms with van der Waals surface area (Å²) in [5.74, 6) is 0. The predicted octanol–water partition coefficient (Wildman–Crippen LogP) is 0.0442. The molecule has 0 aliphatic carbocycles. The Bertz CT molecular complexity index is 487. The number of hydrogen-bond donors (Lipinski definition) is 1. The lowest BCUT2D eigenvalue weighted by Gasteiger charge is -2.06. The predicted molar refractivity (Wildman–Crippen MR) is 59.3 cm³/mol.